The number of aromatic nitrogens is 1. The van der Waals surface area contributed by atoms with E-state index in [2.05, 4.69) is 15.2 Å². The lowest BCUT2D eigenvalue weighted by Gasteiger charge is -2.28. The summed E-state index contributed by atoms with van der Waals surface area (Å²) in [6.45, 7) is 6.03. The van der Waals surface area contributed by atoms with Gasteiger partial charge in [0.1, 0.15) is 5.82 Å². The minimum Gasteiger partial charge on any atom is -0.462 e. The van der Waals surface area contributed by atoms with Crippen molar-refractivity contribution in [1.82, 2.24) is 10.3 Å². The second kappa shape index (κ2) is 8.96. The topological polar surface area (TPSA) is 54.5 Å². The smallest absolute Gasteiger partial charge is 0.339 e. The number of anilines is 1. The zero-order valence-electron chi connectivity index (χ0n) is 10.8. The summed E-state index contributed by atoms with van der Waals surface area (Å²) < 4.78 is 4.91. The molecule has 0 spiro atoms. The van der Waals surface area contributed by atoms with Gasteiger partial charge in [-0.2, -0.15) is 0 Å². The molecule has 1 saturated heterocycles. The third-order valence-electron chi connectivity index (χ3n) is 2.70. The van der Waals surface area contributed by atoms with E-state index in [0.29, 0.717) is 12.2 Å². The number of piperazine rings is 1. The van der Waals surface area contributed by atoms with Crippen molar-refractivity contribution in [1.29, 1.82) is 0 Å². The van der Waals surface area contributed by atoms with Crippen LogP contribution in [0, 0.1) is 0 Å². The van der Waals surface area contributed by atoms with Crippen LogP contribution in [0.15, 0.2) is 18.3 Å². The average molecular weight is 308 g/mol. The Labute approximate surface area is 125 Å². The van der Waals surface area contributed by atoms with Gasteiger partial charge >= 0.3 is 5.97 Å². The van der Waals surface area contributed by atoms with Gasteiger partial charge in [-0.25, -0.2) is 9.78 Å². The molecular weight excluding hydrogens is 289 g/mol. The molecule has 2 heterocycles. The van der Waals surface area contributed by atoms with Crippen LogP contribution in [0.5, 0.6) is 0 Å². The number of nitrogens with one attached hydrogen (secondary N) is 1. The predicted octanol–water partition coefficient (Wildman–Crippen LogP) is 1.51. The first-order chi connectivity index (χ1) is 8.31. The number of pyridine rings is 1. The number of esters is 1. The molecular formula is C12H19Cl2N3O2. The average Bonchev–Trinajstić information content (AvgIpc) is 2.40. The Morgan fingerprint density at radius 3 is 2.58 bits per heavy atom. The van der Waals surface area contributed by atoms with Crippen LogP contribution in [0.1, 0.15) is 17.3 Å². The molecule has 0 bridgehead atoms. The Balaban J connectivity index is 0.00000162. The van der Waals surface area contributed by atoms with E-state index in [1.54, 1.807) is 19.2 Å². The van der Waals surface area contributed by atoms with Gasteiger partial charge in [0.05, 0.1) is 12.2 Å². The van der Waals surface area contributed by atoms with E-state index in [1.807, 2.05) is 6.07 Å². The van der Waals surface area contributed by atoms with Gasteiger partial charge in [-0.3, -0.25) is 0 Å². The van der Waals surface area contributed by atoms with Crippen LogP contribution < -0.4 is 10.2 Å². The summed E-state index contributed by atoms with van der Waals surface area (Å²) in [6, 6.07) is 3.64. The Kier molecular flexibility index (Phi) is 8.47. The highest BCUT2D eigenvalue weighted by Gasteiger charge is 2.12. The van der Waals surface area contributed by atoms with Crippen LogP contribution in [0.4, 0.5) is 5.82 Å². The first-order valence-corrected chi connectivity index (χ1v) is 5.90. The molecule has 2 rings (SSSR count). The van der Waals surface area contributed by atoms with Crippen molar-refractivity contribution in [2.75, 3.05) is 37.7 Å². The van der Waals surface area contributed by atoms with Crippen LogP contribution in [0.3, 0.4) is 0 Å². The van der Waals surface area contributed by atoms with E-state index >= 15 is 0 Å². The fourth-order valence-corrected chi connectivity index (χ4v) is 1.80. The molecule has 1 fully saturated rings. The van der Waals surface area contributed by atoms with Crippen LogP contribution in [0.2, 0.25) is 0 Å². The first-order valence-electron chi connectivity index (χ1n) is 5.90. The number of nitrogens with zero attached hydrogens (tertiary/aromatic N) is 2. The Hall–Kier alpha value is -1.04. The van der Waals surface area contributed by atoms with E-state index in [0.717, 1.165) is 32.0 Å². The minimum absolute atomic E-state index is 0. The highest BCUT2D eigenvalue weighted by atomic mass is 35.5. The van der Waals surface area contributed by atoms with Gasteiger partial charge in [-0.05, 0) is 19.1 Å². The zero-order chi connectivity index (χ0) is 12.1. The number of carbonyl (C=O) groups is 1. The molecule has 5 nitrogen and oxygen atoms in total. The lowest BCUT2D eigenvalue weighted by molar-refractivity contribution is 0.0526. The second-order valence-electron chi connectivity index (χ2n) is 3.86. The van der Waals surface area contributed by atoms with Gasteiger partial charge in [0.25, 0.3) is 0 Å². The normalized spacial score (nSPS) is 14.1. The fraction of sp³-hybridized carbons (Fsp3) is 0.500. The number of carbonyl (C=O) groups excluding carboxylic acids is 1. The van der Waals surface area contributed by atoms with E-state index in [-0.39, 0.29) is 30.8 Å². The van der Waals surface area contributed by atoms with Crippen molar-refractivity contribution >= 4 is 36.6 Å². The van der Waals surface area contributed by atoms with Crippen molar-refractivity contribution in [2.24, 2.45) is 0 Å². The molecule has 0 aliphatic carbocycles. The molecule has 0 saturated carbocycles. The third-order valence-corrected chi connectivity index (χ3v) is 2.70. The van der Waals surface area contributed by atoms with Crippen molar-refractivity contribution in [3.63, 3.8) is 0 Å². The summed E-state index contributed by atoms with van der Waals surface area (Å²) in [5.74, 6) is 0.603. The minimum atomic E-state index is -0.313. The largest absolute Gasteiger partial charge is 0.462 e. The molecule has 0 atom stereocenters. The molecule has 0 amide bonds. The van der Waals surface area contributed by atoms with E-state index in [9.17, 15) is 4.79 Å². The van der Waals surface area contributed by atoms with Gasteiger partial charge in [0, 0.05) is 32.4 Å². The summed E-state index contributed by atoms with van der Waals surface area (Å²) in [5.41, 5.74) is 0.505. The monoisotopic (exact) mass is 307 g/mol. The number of halogens is 2. The van der Waals surface area contributed by atoms with E-state index in [1.165, 1.54) is 0 Å². The van der Waals surface area contributed by atoms with Gasteiger partial charge in [-0.15, -0.1) is 24.8 Å². The summed E-state index contributed by atoms with van der Waals surface area (Å²) in [5, 5.41) is 3.29. The number of hydrogen-bond acceptors (Lipinski definition) is 5. The number of hydrogen-bond donors (Lipinski definition) is 1. The maximum atomic E-state index is 11.4. The molecule has 0 radical (unpaired) electrons. The maximum absolute atomic E-state index is 11.4. The summed E-state index contributed by atoms with van der Waals surface area (Å²) in [4.78, 5) is 17.9. The molecule has 108 valence electrons. The number of ether oxygens (including phenoxy) is 1. The molecule has 19 heavy (non-hydrogen) atoms. The van der Waals surface area contributed by atoms with Crippen molar-refractivity contribution in [3.05, 3.63) is 23.9 Å². The van der Waals surface area contributed by atoms with Crippen LogP contribution >= 0.6 is 24.8 Å². The lowest BCUT2D eigenvalue weighted by Crippen LogP contribution is -2.43. The van der Waals surface area contributed by atoms with Crippen molar-refractivity contribution in [3.8, 4) is 0 Å². The fourth-order valence-electron chi connectivity index (χ4n) is 1.80. The highest BCUT2D eigenvalue weighted by Crippen LogP contribution is 2.12. The quantitative estimate of drug-likeness (QED) is 0.858. The second-order valence-corrected chi connectivity index (χ2v) is 3.86. The highest BCUT2D eigenvalue weighted by molar-refractivity contribution is 5.89. The Morgan fingerprint density at radius 2 is 2.05 bits per heavy atom. The molecule has 1 aromatic heterocycles. The van der Waals surface area contributed by atoms with E-state index in [4.69, 9.17) is 4.74 Å². The third kappa shape index (κ3) is 4.86. The Bertz CT molecular complexity index is 381. The first kappa shape index (κ1) is 18.0. The van der Waals surface area contributed by atoms with Crippen LogP contribution in [-0.2, 0) is 4.74 Å². The molecule has 1 N–H and O–H groups in total. The van der Waals surface area contributed by atoms with Gasteiger partial charge < -0.3 is 15.0 Å². The molecule has 1 aliphatic rings. The Morgan fingerprint density at radius 1 is 1.37 bits per heavy atom. The van der Waals surface area contributed by atoms with Gasteiger partial charge in [0.2, 0.25) is 0 Å². The summed E-state index contributed by atoms with van der Waals surface area (Å²) in [7, 11) is 0. The van der Waals surface area contributed by atoms with Crippen LogP contribution in [-0.4, -0.2) is 43.7 Å². The SMILES string of the molecule is CCOC(=O)c1ccc(N2CCNCC2)nc1.Cl.Cl. The maximum Gasteiger partial charge on any atom is 0.339 e. The molecule has 7 heteroatoms. The molecule has 1 aromatic rings. The van der Waals surface area contributed by atoms with Gasteiger partial charge in [-0.1, -0.05) is 0 Å². The summed E-state index contributed by atoms with van der Waals surface area (Å²) >= 11 is 0. The van der Waals surface area contributed by atoms with E-state index < -0.39 is 0 Å². The van der Waals surface area contributed by atoms with Crippen LogP contribution in [0.25, 0.3) is 0 Å². The zero-order valence-corrected chi connectivity index (χ0v) is 12.4. The molecule has 0 aromatic carbocycles. The van der Waals surface area contributed by atoms with Crippen molar-refractivity contribution < 1.29 is 9.53 Å². The summed E-state index contributed by atoms with van der Waals surface area (Å²) in [6.07, 6.45) is 1.58. The molecule has 1 aliphatic heterocycles. The standard InChI is InChI=1S/C12H17N3O2.2ClH/c1-2-17-12(16)10-3-4-11(14-9-10)15-7-5-13-6-8-15;;/h3-4,9,13H,2,5-8H2,1H3;2*1H. The van der Waals surface area contributed by atoms with Gasteiger partial charge in [0.15, 0.2) is 0 Å². The lowest BCUT2D eigenvalue weighted by atomic mass is 10.2. The molecule has 0 unspecified atom stereocenters. The predicted molar refractivity (Wildman–Crippen MR) is 79.8 cm³/mol. The van der Waals surface area contributed by atoms with Crippen molar-refractivity contribution in [2.45, 2.75) is 6.92 Å². The number of rotatable bonds is 3.